The fourth-order valence-electron chi connectivity index (χ4n) is 1.39. The van der Waals surface area contributed by atoms with Crippen LogP contribution in [0.3, 0.4) is 0 Å². The molecule has 2 amide bonds. The summed E-state index contributed by atoms with van der Waals surface area (Å²) in [5, 5.41) is 2.06. The molecule has 1 aromatic heterocycles. The average molecular weight is 294 g/mol. The largest absolute Gasteiger partial charge is 0.433 e. The van der Waals surface area contributed by atoms with Gasteiger partial charge in [0, 0.05) is 32.7 Å². The summed E-state index contributed by atoms with van der Waals surface area (Å²) in [6, 6.07) is 0. The predicted octanol–water partition coefficient (Wildman–Crippen LogP) is 0.804. The molecule has 1 saturated heterocycles. The maximum Gasteiger partial charge on any atom is 0.415 e. The van der Waals surface area contributed by atoms with E-state index in [1.54, 1.807) is 6.20 Å². The summed E-state index contributed by atoms with van der Waals surface area (Å²) in [5.41, 5.74) is 2.30. The van der Waals surface area contributed by atoms with Crippen LogP contribution in [0.2, 0.25) is 0 Å². The molecule has 0 aromatic carbocycles. The van der Waals surface area contributed by atoms with Gasteiger partial charge < -0.3 is 9.72 Å². The molecule has 81 valence electrons. The Bertz CT molecular complexity index is 448. The van der Waals surface area contributed by atoms with Crippen LogP contribution in [0.1, 0.15) is 22.8 Å². The van der Waals surface area contributed by atoms with E-state index >= 15 is 0 Å². The van der Waals surface area contributed by atoms with Crippen molar-refractivity contribution in [2.75, 3.05) is 0 Å². The fourth-order valence-corrected chi connectivity index (χ4v) is 1.39. The number of hydrogen-bond donors (Lipinski definition) is 1. The minimum Gasteiger partial charge on any atom is -0.433 e. The first-order valence-corrected chi connectivity index (χ1v) is 4.45. The Morgan fingerprint density at radius 3 is 2.69 bits per heavy atom. The molecule has 2 heterocycles. The summed E-state index contributed by atoms with van der Waals surface area (Å²) in [5.74, 6) is -0.466. The Morgan fingerprint density at radius 1 is 1.44 bits per heavy atom. The van der Waals surface area contributed by atoms with Gasteiger partial charge in [0.25, 0.3) is 5.91 Å². The molecular weight excluding hydrogens is 285 g/mol. The number of amides is 2. The van der Waals surface area contributed by atoms with E-state index in [0.29, 0.717) is 5.56 Å². The molecule has 0 bridgehead atoms. The van der Waals surface area contributed by atoms with Gasteiger partial charge in [0.15, 0.2) is 6.10 Å². The minimum absolute atomic E-state index is 0. The number of nitrogens with one attached hydrogen (secondary N) is 1. The molecule has 1 aliphatic heterocycles. The van der Waals surface area contributed by atoms with Crippen molar-refractivity contribution in [3.8, 4) is 0 Å². The monoisotopic (exact) mass is 294 g/mol. The summed E-state index contributed by atoms with van der Waals surface area (Å²) in [6.45, 7) is 3.70. The number of nitrogens with zero attached hydrogens (tertiary/aromatic N) is 1. The predicted molar refractivity (Wildman–Crippen MR) is 49.9 cm³/mol. The third kappa shape index (κ3) is 2.30. The fraction of sp³-hybridized carbons (Fsp3) is 0.300. The standard InChI is InChI=1S/C10H9N2O3.Y/c1-5-3-11-4-7(6(5)2)8-9(13)12-10(14)15-8;/h3,8H,1-2H3,(H,12,13,14);/q-1;. The van der Waals surface area contributed by atoms with Crippen LogP contribution in [-0.4, -0.2) is 17.0 Å². The van der Waals surface area contributed by atoms with E-state index in [1.807, 2.05) is 13.8 Å². The van der Waals surface area contributed by atoms with Gasteiger partial charge in [0.2, 0.25) is 0 Å². The number of carbonyl (C=O) groups excluding carboxylic acids is 2. The van der Waals surface area contributed by atoms with E-state index in [0.717, 1.165) is 11.1 Å². The van der Waals surface area contributed by atoms with Crippen LogP contribution in [0.5, 0.6) is 0 Å². The summed E-state index contributed by atoms with van der Waals surface area (Å²) in [7, 11) is 0. The second-order valence-corrected chi connectivity index (χ2v) is 3.37. The molecule has 5 nitrogen and oxygen atoms in total. The van der Waals surface area contributed by atoms with E-state index in [2.05, 4.69) is 16.5 Å². The molecule has 0 spiro atoms. The van der Waals surface area contributed by atoms with Crippen LogP contribution in [-0.2, 0) is 42.2 Å². The van der Waals surface area contributed by atoms with Crippen LogP contribution in [0.15, 0.2) is 6.20 Å². The van der Waals surface area contributed by atoms with Gasteiger partial charge in [-0.05, 0) is 0 Å². The number of alkyl carbamates (subject to hydrolysis) is 1. The van der Waals surface area contributed by atoms with Gasteiger partial charge in [-0.15, -0.1) is 11.1 Å². The molecule has 6 heteroatoms. The van der Waals surface area contributed by atoms with Crippen molar-refractivity contribution < 1.29 is 47.0 Å². The molecule has 1 aliphatic rings. The molecule has 1 atom stereocenters. The van der Waals surface area contributed by atoms with Gasteiger partial charge in [-0.25, -0.2) is 4.79 Å². The Labute approximate surface area is 118 Å². The number of cyclic esters (lactones) is 1. The van der Waals surface area contributed by atoms with Crippen molar-refractivity contribution >= 4 is 12.0 Å². The van der Waals surface area contributed by atoms with Crippen molar-refractivity contribution in [2.45, 2.75) is 20.0 Å². The maximum absolute atomic E-state index is 11.3. The zero-order chi connectivity index (χ0) is 11.0. The summed E-state index contributed by atoms with van der Waals surface area (Å²) < 4.78 is 4.82. The average Bonchev–Trinajstić information content (AvgIpc) is 2.50. The Kier molecular flexibility index (Phi) is 4.16. The number of imide groups is 1. The zero-order valence-corrected chi connectivity index (χ0v) is 11.7. The van der Waals surface area contributed by atoms with Gasteiger partial charge in [0.05, 0.1) is 0 Å². The normalized spacial score (nSPS) is 18.8. The van der Waals surface area contributed by atoms with Crippen LogP contribution in [0.4, 0.5) is 4.79 Å². The number of ether oxygens (including phenoxy) is 1. The molecule has 1 aromatic rings. The van der Waals surface area contributed by atoms with Crippen LogP contribution in [0, 0.1) is 20.0 Å². The first-order chi connectivity index (χ1) is 7.09. The van der Waals surface area contributed by atoms with Gasteiger partial charge in [0.1, 0.15) is 0 Å². The van der Waals surface area contributed by atoms with E-state index in [9.17, 15) is 9.59 Å². The maximum atomic E-state index is 11.3. The molecule has 1 N–H and O–H groups in total. The van der Waals surface area contributed by atoms with E-state index < -0.39 is 18.1 Å². The third-order valence-corrected chi connectivity index (χ3v) is 2.39. The van der Waals surface area contributed by atoms with Gasteiger partial charge >= 0.3 is 6.09 Å². The Morgan fingerprint density at radius 2 is 2.12 bits per heavy atom. The van der Waals surface area contributed by atoms with Gasteiger partial charge in [-0.3, -0.25) is 10.1 Å². The zero-order valence-electron chi connectivity index (χ0n) is 8.90. The number of carbonyl (C=O) groups is 2. The van der Waals surface area contributed by atoms with Crippen LogP contribution >= 0.6 is 0 Å². The molecular formula is C10H9N2O3Y-. The molecule has 16 heavy (non-hydrogen) atoms. The molecule has 1 radical (unpaired) electrons. The summed E-state index contributed by atoms with van der Waals surface area (Å²) >= 11 is 0. The number of rotatable bonds is 1. The summed E-state index contributed by atoms with van der Waals surface area (Å²) in [4.78, 5) is 26.0. The number of aryl methyl sites for hydroxylation is 1. The first-order valence-electron chi connectivity index (χ1n) is 4.45. The number of aromatic nitrogens is 1. The smallest absolute Gasteiger partial charge is 0.415 e. The quantitative estimate of drug-likeness (QED) is 0.778. The van der Waals surface area contributed by atoms with E-state index in [4.69, 9.17) is 4.74 Å². The van der Waals surface area contributed by atoms with E-state index in [1.165, 1.54) is 0 Å². The molecule has 0 saturated carbocycles. The molecule has 2 rings (SSSR count). The second kappa shape index (κ2) is 5.02. The van der Waals surface area contributed by atoms with Crippen LogP contribution in [0.25, 0.3) is 0 Å². The number of hydrogen-bond acceptors (Lipinski definition) is 4. The molecule has 1 fully saturated rings. The van der Waals surface area contributed by atoms with Gasteiger partial charge in [-0.2, -0.15) is 0 Å². The van der Waals surface area contributed by atoms with Crippen molar-refractivity contribution in [2.24, 2.45) is 0 Å². The SMILES string of the molecule is Cc1cn[c-]c(C2OC(=O)NC2=O)c1C.[Y]. The number of pyridine rings is 1. The third-order valence-electron chi connectivity index (χ3n) is 2.39. The Balaban J connectivity index is 0.00000128. The molecule has 1 unspecified atom stereocenters. The van der Waals surface area contributed by atoms with Gasteiger partial charge in [-0.1, -0.05) is 31.8 Å². The summed E-state index contributed by atoms with van der Waals surface area (Å²) in [6.07, 6.45) is 2.69. The van der Waals surface area contributed by atoms with Crippen molar-refractivity contribution in [3.05, 3.63) is 29.1 Å². The second-order valence-electron chi connectivity index (χ2n) is 3.37. The first kappa shape index (κ1) is 13.3. The van der Waals surface area contributed by atoms with Crippen molar-refractivity contribution in [3.63, 3.8) is 0 Å². The van der Waals surface area contributed by atoms with Crippen LogP contribution < -0.4 is 5.32 Å². The van der Waals surface area contributed by atoms with Crippen molar-refractivity contribution in [1.82, 2.24) is 10.3 Å². The minimum atomic E-state index is -0.912. The van der Waals surface area contributed by atoms with Crippen molar-refractivity contribution in [1.29, 1.82) is 0 Å². The van der Waals surface area contributed by atoms with E-state index in [-0.39, 0.29) is 32.7 Å². The Hall–Kier alpha value is -0.806. The topological polar surface area (TPSA) is 68.3 Å². The molecule has 0 aliphatic carbocycles.